The van der Waals surface area contributed by atoms with Crippen LogP contribution in [0.3, 0.4) is 0 Å². The van der Waals surface area contributed by atoms with Crippen molar-refractivity contribution in [1.29, 1.82) is 0 Å². The SMILES string of the molecule is O=C(c1cc2ccccc2[nH]1)N1CCN(c2cccnc2)C(=O)C1. The van der Waals surface area contributed by atoms with E-state index in [0.717, 1.165) is 16.6 Å². The third-order valence-electron chi connectivity index (χ3n) is 4.23. The van der Waals surface area contributed by atoms with Crippen LogP contribution in [0.1, 0.15) is 10.5 Å². The molecule has 0 bridgehead atoms. The molecule has 0 radical (unpaired) electrons. The maximum Gasteiger partial charge on any atom is 0.270 e. The van der Waals surface area contributed by atoms with E-state index >= 15 is 0 Å². The van der Waals surface area contributed by atoms with Crippen LogP contribution in [0.5, 0.6) is 0 Å². The number of nitrogens with one attached hydrogen (secondary N) is 1. The number of anilines is 1. The van der Waals surface area contributed by atoms with Gasteiger partial charge in [0, 0.05) is 30.2 Å². The summed E-state index contributed by atoms with van der Waals surface area (Å²) in [5.41, 5.74) is 2.19. The second-order valence-corrected chi connectivity index (χ2v) is 5.75. The van der Waals surface area contributed by atoms with Crippen molar-refractivity contribution >= 4 is 28.4 Å². The van der Waals surface area contributed by atoms with Crippen molar-refractivity contribution < 1.29 is 9.59 Å². The number of H-pyrrole nitrogens is 1. The van der Waals surface area contributed by atoms with E-state index in [9.17, 15) is 9.59 Å². The monoisotopic (exact) mass is 320 g/mol. The van der Waals surface area contributed by atoms with E-state index in [1.807, 2.05) is 36.4 Å². The number of amides is 2. The molecule has 24 heavy (non-hydrogen) atoms. The number of pyridine rings is 1. The van der Waals surface area contributed by atoms with Gasteiger partial charge in [0.2, 0.25) is 5.91 Å². The molecule has 1 aromatic carbocycles. The Morgan fingerprint density at radius 3 is 2.75 bits per heavy atom. The van der Waals surface area contributed by atoms with Crippen LogP contribution in [0, 0.1) is 0 Å². The fraction of sp³-hybridized carbons (Fsp3) is 0.167. The molecule has 2 aromatic heterocycles. The number of aromatic nitrogens is 2. The fourth-order valence-electron chi connectivity index (χ4n) is 2.99. The highest BCUT2D eigenvalue weighted by Gasteiger charge is 2.29. The summed E-state index contributed by atoms with van der Waals surface area (Å²) >= 11 is 0. The first-order valence-corrected chi connectivity index (χ1v) is 7.80. The van der Waals surface area contributed by atoms with Gasteiger partial charge in [0.25, 0.3) is 5.91 Å². The number of rotatable bonds is 2. The van der Waals surface area contributed by atoms with Crippen LogP contribution in [-0.4, -0.2) is 46.3 Å². The van der Waals surface area contributed by atoms with Gasteiger partial charge in [-0.25, -0.2) is 0 Å². The van der Waals surface area contributed by atoms with Crippen molar-refractivity contribution in [2.24, 2.45) is 0 Å². The zero-order valence-corrected chi connectivity index (χ0v) is 13.0. The molecule has 6 nitrogen and oxygen atoms in total. The summed E-state index contributed by atoms with van der Waals surface area (Å²) in [7, 11) is 0. The fourth-order valence-corrected chi connectivity index (χ4v) is 2.99. The summed E-state index contributed by atoms with van der Waals surface area (Å²) in [6.07, 6.45) is 3.33. The van der Waals surface area contributed by atoms with Crippen LogP contribution in [0.15, 0.2) is 54.9 Å². The highest BCUT2D eigenvalue weighted by atomic mass is 16.2. The number of carbonyl (C=O) groups is 2. The summed E-state index contributed by atoms with van der Waals surface area (Å²) in [6.45, 7) is 1.04. The second kappa shape index (κ2) is 5.81. The number of fused-ring (bicyclic) bond motifs is 1. The first kappa shape index (κ1) is 14.4. The highest BCUT2D eigenvalue weighted by molar-refractivity contribution is 6.02. The molecule has 0 aliphatic carbocycles. The molecule has 4 rings (SSSR count). The minimum atomic E-state index is -0.148. The van der Waals surface area contributed by atoms with Crippen LogP contribution in [-0.2, 0) is 4.79 Å². The average molecular weight is 320 g/mol. The Balaban J connectivity index is 1.52. The van der Waals surface area contributed by atoms with Crippen LogP contribution in [0.4, 0.5) is 5.69 Å². The van der Waals surface area contributed by atoms with E-state index in [1.165, 1.54) is 0 Å². The topological polar surface area (TPSA) is 69.3 Å². The number of hydrogen-bond donors (Lipinski definition) is 1. The third kappa shape index (κ3) is 2.52. The van der Waals surface area contributed by atoms with Crippen molar-refractivity contribution in [3.63, 3.8) is 0 Å². The number of benzene rings is 1. The van der Waals surface area contributed by atoms with Crippen molar-refractivity contribution in [3.05, 3.63) is 60.6 Å². The molecule has 3 aromatic rings. The van der Waals surface area contributed by atoms with Gasteiger partial charge in [-0.1, -0.05) is 18.2 Å². The summed E-state index contributed by atoms with van der Waals surface area (Å²) in [5.74, 6) is -0.246. The van der Waals surface area contributed by atoms with E-state index in [2.05, 4.69) is 9.97 Å². The Bertz CT molecular complexity index is 871. The van der Waals surface area contributed by atoms with Crippen molar-refractivity contribution in [2.45, 2.75) is 0 Å². The van der Waals surface area contributed by atoms with Gasteiger partial charge in [-0.2, -0.15) is 0 Å². The van der Waals surface area contributed by atoms with Gasteiger partial charge in [0.15, 0.2) is 0 Å². The number of aromatic amines is 1. The molecule has 1 N–H and O–H groups in total. The molecule has 0 saturated carbocycles. The number of para-hydroxylation sites is 1. The lowest BCUT2D eigenvalue weighted by molar-refractivity contribution is -0.120. The second-order valence-electron chi connectivity index (χ2n) is 5.75. The maximum absolute atomic E-state index is 12.7. The third-order valence-corrected chi connectivity index (χ3v) is 4.23. The normalized spacial score (nSPS) is 15.1. The molecule has 0 spiro atoms. The lowest BCUT2D eigenvalue weighted by Crippen LogP contribution is -2.52. The average Bonchev–Trinajstić information content (AvgIpc) is 3.06. The lowest BCUT2D eigenvalue weighted by atomic mass is 10.2. The Morgan fingerprint density at radius 1 is 1.12 bits per heavy atom. The number of carbonyl (C=O) groups excluding carboxylic acids is 2. The van der Waals surface area contributed by atoms with Crippen LogP contribution < -0.4 is 4.90 Å². The number of piperazine rings is 1. The van der Waals surface area contributed by atoms with Crippen molar-refractivity contribution in [3.8, 4) is 0 Å². The first-order valence-electron chi connectivity index (χ1n) is 7.80. The van der Waals surface area contributed by atoms with Crippen molar-refractivity contribution in [1.82, 2.24) is 14.9 Å². The molecule has 1 aliphatic rings. The van der Waals surface area contributed by atoms with Gasteiger partial charge in [0.05, 0.1) is 11.9 Å². The minimum Gasteiger partial charge on any atom is -0.351 e. The van der Waals surface area contributed by atoms with E-state index < -0.39 is 0 Å². The molecule has 1 fully saturated rings. The van der Waals surface area contributed by atoms with Crippen molar-refractivity contribution in [2.75, 3.05) is 24.5 Å². The summed E-state index contributed by atoms with van der Waals surface area (Å²) < 4.78 is 0. The van der Waals surface area contributed by atoms with E-state index in [-0.39, 0.29) is 18.4 Å². The molecule has 2 amide bonds. The maximum atomic E-state index is 12.7. The summed E-state index contributed by atoms with van der Waals surface area (Å²) in [4.78, 5) is 35.5. The Labute approximate surface area is 138 Å². The van der Waals surface area contributed by atoms with Gasteiger partial charge < -0.3 is 14.8 Å². The molecule has 1 aliphatic heterocycles. The molecule has 120 valence electrons. The van der Waals surface area contributed by atoms with Gasteiger partial charge in [-0.05, 0) is 24.3 Å². The largest absolute Gasteiger partial charge is 0.351 e. The molecular formula is C18H16N4O2. The number of hydrogen-bond acceptors (Lipinski definition) is 3. The Hall–Kier alpha value is -3.15. The molecule has 6 heteroatoms. The smallest absolute Gasteiger partial charge is 0.270 e. The highest BCUT2D eigenvalue weighted by Crippen LogP contribution is 2.19. The van der Waals surface area contributed by atoms with Gasteiger partial charge in [0.1, 0.15) is 12.2 Å². The summed E-state index contributed by atoms with van der Waals surface area (Å²) in [5, 5.41) is 0.987. The molecule has 0 atom stereocenters. The molecule has 3 heterocycles. The first-order chi connectivity index (χ1) is 11.7. The van der Waals surface area contributed by atoms with Gasteiger partial charge >= 0.3 is 0 Å². The van der Waals surface area contributed by atoms with Crippen LogP contribution in [0.25, 0.3) is 10.9 Å². The molecule has 1 saturated heterocycles. The van der Waals surface area contributed by atoms with Crippen LogP contribution >= 0.6 is 0 Å². The Kier molecular flexibility index (Phi) is 3.49. The molecule has 0 unspecified atom stereocenters. The van der Waals surface area contributed by atoms with E-state index in [1.54, 1.807) is 28.3 Å². The predicted octanol–water partition coefficient (Wildman–Crippen LogP) is 2.05. The van der Waals surface area contributed by atoms with Gasteiger partial charge in [-0.15, -0.1) is 0 Å². The zero-order valence-electron chi connectivity index (χ0n) is 13.0. The summed E-state index contributed by atoms with van der Waals surface area (Å²) in [6, 6.07) is 13.2. The number of nitrogens with zero attached hydrogens (tertiary/aromatic N) is 3. The Morgan fingerprint density at radius 2 is 2.00 bits per heavy atom. The van der Waals surface area contributed by atoms with E-state index in [4.69, 9.17) is 0 Å². The lowest BCUT2D eigenvalue weighted by Gasteiger charge is -2.33. The molecular weight excluding hydrogens is 304 g/mol. The minimum absolute atomic E-state index is 0.0725. The zero-order chi connectivity index (χ0) is 16.5. The van der Waals surface area contributed by atoms with Crippen LogP contribution in [0.2, 0.25) is 0 Å². The predicted molar refractivity (Wildman–Crippen MR) is 90.8 cm³/mol. The van der Waals surface area contributed by atoms with Gasteiger partial charge in [-0.3, -0.25) is 14.6 Å². The van der Waals surface area contributed by atoms with E-state index in [0.29, 0.717) is 18.8 Å². The standard InChI is InChI=1S/C18H16N4O2/c23-17-12-21(8-9-22(17)14-5-3-7-19-11-14)18(24)16-10-13-4-1-2-6-15(13)20-16/h1-7,10-11,20H,8-9,12H2. The quantitative estimate of drug-likeness (QED) is 0.786.